The predicted molar refractivity (Wildman–Crippen MR) is 130 cm³/mol. The molecular formula is C24H26N6O2S. The number of anilines is 1. The van der Waals surface area contributed by atoms with Crippen LogP contribution in [0.2, 0.25) is 0 Å². The van der Waals surface area contributed by atoms with Crippen molar-refractivity contribution in [3.63, 3.8) is 0 Å². The number of nitrogens with one attached hydrogen (secondary N) is 1. The van der Waals surface area contributed by atoms with Crippen molar-refractivity contribution >= 4 is 27.5 Å². The van der Waals surface area contributed by atoms with E-state index in [1.54, 1.807) is 12.5 Å². The van der Waals surface area contributed by atoms with Crippen molar-refractivity contribution in [2.24, 2.45) is 0 Å². The molecule has 5 heterocycles. The van der Waals surface area contributed by atoms with Gasteiger partial charge in [0, 0.05) is 41.8 Å². The third-order valence-corrected chi connectivity index (χ3v) is 6.89. The number of hydrogen-bond acceptors (Lipinski definition) is 7. The molecule has 1 aliphatic heterocycles. The normalized spacial score (nSPS) is 17.5. The molecule has 170 valence electrons. The molecule has 0 bridgehead atoms. The molecule has 0 radical (unpaired) electrons. The number of H-pyrrole nitrogens is 1. The van der Waals surface area contributed by atoms with Gasteiger partial charge in [-0.2, -0.15) is 5.10 Å². The van der Waals surface area contributed by atoms with Gasteiger partial charge in [0.05, 0.1) is 35.7 Å². The number of aryl methyl sites for hydroxylation is 2. The van der Waals surface area contributed by atoms with Crippen molar-refractivity contribution in [2.75, 3.05) is 30.9 Å². The Morgan fingerprint density at radius 1 is 1.18 bits per heavy atom. The molecule has 1 aliphatic rings. The van der Waals surface area contributed by atoms with Crippen molar-refractivity contribution in [1.29, 1.82) is 0 Å². The van der Waals surface area contributed by atoms with E-state index >= 15 is 0 Å². The highest BCUT2D eigenvalue weighted by Gasteiger charge is 2.24. The predicted octanol–water partition coefficient (Wildman–Crippen LogP) is 3.66. The molecule has 0 aliphatic carbocycles. The lowest BCUT2D eigenvalue weighted by molar-refractivity contribution is 0.0986. The summed E-state index contributed by atoms with van der Waals surface area (Å²) in [6.45, 7) is 8.24. The lowest BCUT2D eigenvalue weighted by Gasteiger charge is -2.35. The highest BCUT2D eigenvalue weighted by molar-refractivity contribution is 7.84. The quantitative estimate of drug-likeness (QED) is 0.494. The van der Waals surface area contributed by atoms with Crippen LogP contribution < -0.4 is 4.90 Å². The van der Waals surface area contributed by atoms with Gasteiger partial charge in [-0.1, -0.05) is 0 Å². The fraction of sp³-hybridized carbons (Fsp3) is 0.333. The van der Waals surface area contributed by atoms with Crippen LogP contribution in [0.5, 0.6) is 0 Å². The molecule has 2 atom stereocenters. The maximum Gasteiger partial charge on any atom is 0.130 e. The second-order valence-corrected chi connectivity index (χ2v) is 9.69. The molecular weight excluding hydrogens is 436 g/mol. The standard InChI is InChI=1S/C24H26N6O2S/c1-14-12-25-23(19-7-8-26-29-19)24-22(14)18(17-5-6-21(33(4)31)27-16(17)3)11-20(28-24)30-9-10-32-13-15(30)2/h5-8,11-12,15H,9-10,13H2,1-4H3,(H,26,29). The van der Waals surface area contributed by atoms with Crippen LogP contribution in [0, 0.1) is 13.8 Å². The number of aromatic nitrogens is 5. The summed E-state index contributed by atoms with van der Waals surface area (Å²) in [6, 6.07) is 8.10. The SMILES string of the molecule is Cc1nc(S(C)=O)ccc1-c1cc(N2CCOCC2C)nc2c(-c3ccn[nH]3)ncc(C)c12. The summed E-state index contributed by atoms with van der Waals surface area (Å²) in [5.74, 6) is 0.879. The second kappa shape index (κ2) is 8.64. The van der Waals surface area contributed by atoms with E-state index in [9.17, 15) is 4.21 Å². The van der Waals surface area contributed by atoms with E-state index in [2.05, 4.69) is 33.1 Å². The summed E-state index contributed by atoms with van der Waals surface area (Å²) in [4.78, 5) is 16.7. The minimum absolute atomic E-state index is 0.203. The van der Waals surface area contributed by atoms with E-state index in [1.165, 1.54) is 0 Å². The molecule has 33 heavy (non-hydrogen) atoms. The van der Waals surface area contributed by atoms with Gasteiger partial charge < -0.3 is 9.64 Å². The zero-order valence-corrected chi connectivity index (χ0v) is 19.9. The van der Waals surface area contributed by atoms with Crippen molar-refractivity contribution < 1.29 is 8.95 Å². The number of aromatic amines is 1. The van der Waals surface area contributed by atoms with Gasteiger partial charge in [-0.05, 0) is 56.2 Å². The number of pyridine rings is 3. The van der Waals surface area contributed by atoms with Crippen LogP contribution in [-0.2, 0) is 15.5 Å². The Kier molecular flexibility index (Phi) is 5.67. The van der Waals surface area contributed by atoms with Crippen molar-refractivity contribution in [1.82, 2.24) is 25.1 Å². The summed E-state index contributed by atoms with van der Waals surface area (Å²) in [5, 5.41) is 8.75. The average Bonchev–Trinajstić information content (AvgIpc) is 3.33. The molecule has 0 spiro atoms. The van der Waals surface area contributed by atoms with E-state index in [1.807, 2.05) is 38.2 Å². The number of ether oxygens (including phenoxy) is 1. The number of nitrogens with zero attached hydrogens (tertiary/aromatic N) is 5. The van der Waals surface area contributed by atoms with Crippen LogP contribution in [0.15, 0.2) is 41.7 Å². The largest absolute Gasteiger partial charge is 0.377 e. The molecule has 0 amide bonds. The molecule has 2 unspecified atom stereocenters. The van der Waals surface area contributed by atoms with Crippen LogP contribution in [0.4, 0.5) is 5.82 Å². The first-order valence-corrected chi connectivity index (χ1v) is 12.5. The van der Waals surface area contributed by atoms with Crippen LogP contribution in [0.1, 0.15) is 18.2 Å². The molecule has 0 saturated carbocycles. The molecule has 1 N–H and O–H groups in total. The van der Waals surface area contributed by atoms with Gasteiger partial charge in [-0.15, -0.1) is 0 Å². The van der Waals surface area contributed by atoms with E-state index in [4.69, 9.17) is 14.7 Å². The van der Waals surface area contributed by atoms with Crippen LogP contribution in [0.3, 0.4) is 0 Å². The van der Waals surface area contributed by atoms with E-state index < -0.39 is 10.8 Å². The van der Waals surface area contributed by atoms with Crippen molar-refractivity contribution in [3.05, 3.63) is 47.9 Å². The fourth-order valence-corrected chi connectivity index (χ4v) is 4.91. The number of hydrogen-bond donors (Lipinski definition) is 1. The number of fused-ring (bicyclic) bond motifs is 1. The van der Waals surface area contributed by atoms with Gasteiger partial charge in [0.2, 0.25) is 0 Å². The average molecular weight is 463 g/mol. The molecule has 0 aromatic carbocycles. The summed E-state index contributed by atoms with van der Waals surface area (Å²) >= 11 is 0. The molecule has 4 aromatic heterocycles. The molecule has 1 saturated heterocycles. The Bertz CT molecular complexity index is 1360. The van der Waals surface area contributed by atoms with Gasteiger partial charge >= 0.3 is 0 Å². The summed E-state index contributed by atoms with van der Waals surface area (Å²) in [5.41, 5.74) is 6.27. The van der Waals surface area contributed by atoms with E-state index in [-0.39, 0.29) is 6.04 Å². The zero-order valence-electron chi connectivity index (χ0n) is 19.1. The maximum absolute atomic E-state index is 12.0. The molecule has 5 rings (SSSR count). The first kappa shape index (κ1) is 21.7. The van der Waals surface area contributed by atoms with Gasteiger partial charge in [-0.25, -0.2) is 9.97 Å². The van der Waals surface area contributed by atoms with Gasteiger partial charge in [0.25, 0.3) is 0 Å². The van der Waals surface area contributed by atoms with Crippen molar-refractivity contribution in [2.45, 2.75) is 31.8 Å². The number of morpholine rings is 1. The van der Waals surface area contributed by atoms with Crippen molar-refractivity contribution in [3.8, 4) is 22.5 Å². The first-order chi connectivity index (χ1) is 15.9. The topological polar surface area (TPSA) is 96.9 Å². The summed E-state index contributed by atoms with van der Waals surface area (Å²) in [6.07, 6.45) is 5.24. The second-order valence-electron chi connectivity index (χ2n) is 8.37. The monoisotopic (exact) mass is 462 g/mol. The fourth-order valence-electron chi connectivity index (χ4n) is 4.38. The molecule has 8 nitrogen and oxygen atoms in total. The minimum atomic E-state index is -1.14. The van der Waals surface area contributed by atoms with Gasteiger partial charge in [0.15, 0.2) is 0 Å². The van der Waals surface area contributed by atoms with Crippen LogP contribution in [-0.4, -0.2) is 61.4 Å². The zero-order chi connectivity index (χ0) is 23.1. The molecule has 9 heteroatoms. The highest BCUT2D eigenvalue weighted by atomic mass is 32.2. The third-order valence-electron chi connectivity index (χ3n) is 6.07. The van der Waals surface area contributed by atoms with Crippen LogP contribution in [0.25, 0.3) is 33.4 Å². The third kappa shape index (κ3) is 3.91. The Labute approximate surface area is 194 Å². The summed E-state index contributed by atoms with van der Waals surface area (Å²) < 4.78 is 17.6. The van der Waals surface area contributed by atoms with E-state index in [0.717, 1.165) is 57.0 Å². The van der Waals surface area contributed by atoms with Crippen LogP contribution >= 0.6 is 0 Å². The number of rotatable bonds is 4. The lowest BCUT2D eigenvalue weighted by atomic mass is 9.96. The van der Waals surface area contributed by atoms with Gasteiger partial charge in [0.1, 0.15) is 22.1 Å². The Morgan fingerprint density at radius 2 is 2.03 bits per heavy atom. The Balaban J connectivity index is 1.82. The highest BCUT2D eigenvalue weighted by Crippen LogP contribution is 2.38. The van der Waals surface area contributed by atoms with E-state index in [0.29, 0.717) is 18.2 Å². The maximum atomic E-state index is 12.0. The molecule has 4 aromatic rings. The minimum Gasteiger partial charge on any atom is -0.377 e. The Hall–Kier alpha value is -3.17. The Morgan fingerprint density at radius 3 is 2.73 bits per heavy atom. The summed E-state index contributed by atoms with van der Waals surface area (Å²) in [7, 11) is -1.14. The smallest absolute Gasteiger partial charge is 0.130 e. The lowest BCUT2D eigenvalue weighted by Crippen LogP contribution is -2.44. The first-order valence-electron chi connectivity index (χ1n) is 10.9. The van der Waals surface area contributed by atoms with Gasteiger partial charge in [-0.3, -0.25) is 14.3 Å². The molecule has 1 fully saturated rings.